The van der Waals surface area contributed by atoms with Crippen molar-refractivity contribution in [3.8, 4) is 5.75 Å². The number of ether oxygens (including phenoxy) is 1. The van der Waals surface area contributed by atoms with Crippen LogP contribution in [-0.2, 0) is 4.79 Å². The third-order valence-electron chi connectivity index (χ3n) is 5.04. The van der Waals surface area contributed by atoms with Gasteiger partial charge in [0, 0.05) is 16.5 Å². The quantitative estimate of drug-likeness (QED) is 0.302. The summed E-state index contributed by atoms with van der Waals surface area (Å²) in [5, 5.41) is 6.70. The number of nitrogens with zero attached hydrogens (tertiary/aromatic N) is 1. The predicted molar refractivity (Wildman–Crippen MR) is 124 cm³/mol. The first-order chi connectivity index (χ1) is 16.4. The van der Waals surface area contributed by atoms with E-state index in [1.165, 1.54) is 6.92 Å². The fourth-order valence-electron chi connectivity index (χ4n) is 3.27. The summed E-state index contributed by atoms with van der Waals surface area (Å²) in [5.41, 5.74) is 5.16. The molecule has 0 saturated carbocycles. The van der Waals surface area contributed by atoms with Crippen molar-refractivity contribution in [2.75, 3.05) is 0 Å². The van der Waals surface area contributed by atoms with Gasteiger partial charge in [-0.2, -0.15) is 5.10 Å². The smallest absolute Gasteiger partial charge is 0.290 e. The molecular weight excluding hydrogens is 436 g/mol. The summed E-state index contributed by atoms with van der Waals surface area (Å²) in [6.45, 7) is 1.51. The summed E-state index contributed by atoms with van der Waals surface area (Å²) < 4.78 is 5.60. The van der Waals surface area contributed by atoms with Crippen LogP contribution < -0.4 is 21.1 Å². The first-order valence-electron chi connectivity index (χ1n) is 10.4. The Kier molecular flexibility index (Phi) is 6.45. The molecule has 0 unspecified atom stereocenters. The van der Waals surface area contributed by atoms with Gasteiger partial charge in [-0.25, -0.2) is 5.10 Å². The highest BCUT2D eigenvalue weighted by Crippen LogP contribution is 2.17. The van der Waals surface area contributed by atoms with E-state index < -0.39 is 23.5 Å². The van der Waals surface area contributed by atoms with Gasteiger partial charge in [0.1, 0.15) is 5.75 Å². The number of carbonyl (C=O) groups excluding carboxylic acids is 3. The Morgan fingerprint density at radius 1 is 0.824 bits per heavy atom. The number of hydrogen-bond acceptors (Lipinski definition) is 6. The lowest BCUT2D eigenvalue weighted by Crippen LogP contribution is -2.47. The van der Waals surface area contributed by atoms with Crippen molar-refractivity contribution in [1.29, 1.82) is 0 Å². The standard InChI is InChI=1S/C25H20N4O5/c1-15(34-18-13-11-17(12-14-18)22(30)16-7-3-2-4-8-16)23(31)27-29-25(33)21-19-9-5-6-10-20(19)24(32)28-26-21/h2-15H,1H3,(H,27,31)(H,28,32)(H,29,33)/t15-/m0/s1. The molecule has 3 N–H and O–H groups in total. The Labute approximate surface area is 193 Å². The van der Waals surface area contributed by atoms with E-state index in [9.17, 15) is 19.2 Å². The molecule has 0 aliphatic rings. The van der Waals surface area contributed by atoms with Crippen molar-refractivity contribution in [1.82, 2.24) is 21.0 Å². The average molecular weight is 456 g/mol. The van der Waals surface area contributed by atoms with Crippen molar-refractivity contribution in [3.63, 3.8) is 0 Å². The number of fused-ring (bicyclic) bond motifs is 1. The molecule has 170 valence electrons. The Morgan fingerprint density at radius 2 is 1.44 bits per heavy atom. The number of H-pyrrole nitrogens is 1. The number of ketones is 1. The number of aromatic amines is 1. The minimum Gasteiger partial charge on any atom is -0.481 e. The van der Waals surface area contributed by atoms with E-state index in [1.807, 2.05) is 6.07 Å². The number of rotatable bonds is 6. The predicted octanol–water partition coefficient (Wildman–Crippen LogP) is 2.38. The maximum absolute atomic E-state index is 12.5. The summed E-state index contributed by atoms with van der Waals surface area (Å²) in [5.74, 6) is -1.04. The second-order valence-electron chi connectivity index (χ2n) is 7.37. The van der Waals surface area contributed by atoms with Gasteiger partial charge in [-0.1, -0.05) is 48.5 Å². The Hall–Kier alpha value is -4.79. The van der Waals surface area contributed by atoms with Crippen molar-refractivity contribution < 1.29 is 19.1 Å². The second kappa shape index (κ2) is 9.78. The summed E-state index contributed by atoms with van der Waals surface area (Å²) in [4.78, 5) is 49.2. The maximum Gasteiger partial charge on any atom is 0.290 e. The van der Waals surface area contributed by atoms with Crippen LogP contribution in [0.25, 0.3) is 10.8 Å². The SMILES string of the molecule is C[C@H](Oc1ccc(C(=O)c2ccccc2)cc1)C(=O)NNC(=O)c1n[nH]c(=O)c2ccccc12. The number of nitrogens with one attached hydrogen (secondary N) is 3. The Balaban J connectivity index is 1.35. The van der Waals surface area contributed by atoms with E-state index >= 15 is 0 Å². The number of aromatic nitrogens is 2. The van der Waals surface area contributed by atoms with E-state index in [2.05, 4.69) is 21.0 Å². The van der Waals surface area contributed by atoms with Gasteiger partial charge in [-0.05, 0) is 37.3 Å². The van der Waals surface area contributed by atoms with E-state index in [0.29, 0.717) is 27.6 Å². The van der Waals surface area contributed by atoms with Gasteiger partial charge >= 0.3 is 0 Å². The van der Waals surface area contributed by atoms with Crippen molar-refractivity contribution in [3.05, 3.63) is 106 Å². The molecule has 0 aliphatic carbocycles. The molecule has 0 saturated heterocycles. The van der Waals surface area contributed by atoms with Gasteiger partial charge in [0.05, 0.1) is 5.39 Å². The highest BCUT2D eigenvalue weighted by atomic mass is 16.5. The molecule has 1 atom stereocenters. The molecule has 4 rings (SSSR count). The highest BCUT2D eigenvalue weighted by molar-refractivity contribution is 6.09. The van der Waals surface area contributed by atoms with E-state index in [1.54, 1.807) is 72.8 Å². The highest BCUT2D eigenvalue weighted by Gasteiger charge is 2.19. The molecule has 3 aromatic carbocycles. The topological polar surface area (TPSA) is 130 Å². The van der Waals surface area contributed by atoms with Gasteiger partial charge < -0.3 is 4.74 Å². The average Bonchev–Trinajstić information content (AvgIpc) is 2.88. The normalized spacial score (nSPS) is 11.4. The van der Waals surface area contributed by atoms with E-state index in [-0.39, 0.29) is 11.5 Å². The molecule has 0 radical (unpaired) electrons. The molecule has 34 heavy (non-hydrogen) atoms. The second-order valence-corrected chi connectivity index (χ2v) is 7.37. The zero-order valence-corrected chi connectivity index (χ0v) is 18.1. The van der Waals surface area contributed by atoms with Crippen LogP contribution in [0.5, 0.6) is 5.75 Å². The zero-order chi connectivity index (χ0) is 24.1. The summed E-state index contributed by atoms with van der Waals surface area (Å²) >= 11 is 0. The zero-order valence-electron chi connectivity index (χ0n) is 18.1. The molecule has 1 heterocycles. The fraction of sp³-hybridized carbons (Fsp3) is 0.0800. The van der Waals surface area contributed by atoms with Gasteiger partial charge in [-0.15, -0.1) is 0 Å². The summed E-state index contributed by atoms with van der Waals surface area (Å²) in [7, 11) is 0. The van der Waals surface area contributed by atoms with Crippen LogP contribution in [0.3, 0.4) is 0 Å². The van der Waals surface area contributed by atoms with E-state index in [4.69, 9.17) is 4.74 Å². The molecule has 2 amide bonds. The third kappa shape index (κ3) is 4.83. The molecular formula is C25H20N4O5. The van der Waals surface area contributed by atoms with Crippen LogP contribution in [0.1, 0.15) is 33.3 Å². The number of amides is 2. The van der Waals surface area contributed by atoms with Gasteiger partial charge in [0.15, 0.2) is 17.6 Å². The van der Waals surface area contributed by atoms with Crippen LogP contribution in [0.15, 0.2) is 83.7 Å². The van der Waals surface area contributed by atoms with Crippen LogP contribution in [0, 0.1) is 0 Å². The lowest BCUT2D eigenvalue weighted by atomic mass is 10.0. The summed E-state index contributed by atoms with van der Waals surface area (Å²) in [6, 6.07) is 21.8. The van der Waals surface area contributed by atoms with Crippen molar-refractivity contribution >= 4 is 28.4 Å². The van der Waals surface area contributed by atoms with E-state index in [0.717, 1.165) is 0 Å². The van der Waals surface area contributed by atoms with Crippen LogP contribution in [-0.4, -0.2) is 33.9 Å². The molecule has 0 spiro atoms. The first-order valence-corrected chi connectivity index (χ1v) is 10.4. The lowest BCUT2D eigenvalue weighted by molar-refractivity contribution is -0.128. The first kappa shape index (κ1) is 22.4. The molecule has 9 nitrogen and oxygen atoms in total. The lowest BCUT2D eigenvalue weighted by Gasteiger charge is -2.15. The van der Waals surface area contributed by atoms with Crippen molar-refractivity contribution in [2.45, 2.75) is 13.0 Å². The number of hydrazine groups is 1. The minimum absolute atomic E-state index is 0.0391. The van der Waals surface area contributed by atoms with Crippen LogP contribution in [0.2, 0.25) is 0 Å². The van der Waals surface area contributed by atoms with Gasteiger partial charge in [0.2, 0.25) is 0 Å². The Bertz CT molecular complexity index is 1410. The summed E-state index contributed by atoms with van der Waals surface area (Å²) in [6.07, 6.45) is -0.948. The van der Waals surface area contributed by atoms with Crippen LogP contribution >= 0.6 is 0 Å². The molecule has 0 bridgehead atoms. The van der Waals surface area contributed by atoms with Gasteiger partial charge in [-0.3, -0.25) is 30.0 Å². The number of hydrogen-bond donors (Lipinski definition) is 3. The molecule has 9 heteroatoms. The van der Waals surface area contributed by atoms with Crippen LogP contribution in [0.4, 0.5) is 0 Å². The fourth-order valence-corrected chi connectivity index (χ4v) is 3.27. The molecule has 0 fully saturated rings. The monoisotopic (exact) mass is 456 g/mol. The van der Waals surface area contributed by atoms with Gasteiger partial charge in [0.25, 0.3) is 17.4 Å². The number of benzene rings is 3. The minimum atomic E-state index is -0.948. The molecule has 0 aliphatic heterocycles. The van der Waals surface area contributed by atoms with Crippen molar-refractivity contribution in [2.24, 2.45) is 0 Å². The number of carbonyl (C=O) groups is 3. The third-order valence-corrected chi connectivity index (χ3v) is 5.04. The molecule has 1 aromatic heterocycles. The maximum atomic E-state index is 12.5. The molecule has 4 aromatic rings. The Morgan fingerprint density at radius 3 is 2.15 bits per heavy atom. The largest absolute Gasteiger partial charge is 0.481 e.